The normalized spacial score (nSPS) is 16.3. The van der Waals surface area contributed by atoms with Gasteiger partial charge in [-0.3, -0.25) is 0 Å². The van der Waals surface area contributed by atoms with E-state index in [1.807, 2.05) is 13.8 Å². The van der Waals surface area contributed by atoms with Gasteiger partial charge in [-0.15, -0.1) is 0 Å². The Bertz CT molecular complexity index is 322. The minimum Gasteiger partial charge on any atom is -0.463 e. The molecule has 0 radical (unpaired) electrons. The summed E-state index contributed by atoms with van der Waals surface area (Å²) in [6, 6.07) is 0. The predicted octanol–water partition coefficient (Wildman–Crippen LogP) is 0.783. The van der Waals surface area contributed by atoms with Crippen LogP contribution in [-0.4, -0.2) is 59.3 Å². The van der Waals surface area contributed by atoms with Crippen LogP contribution < -0.4 is 0 Å². The summed E-state index contributed by atoms with van der Waals surface area (Å²) < 4.78 is 10.1. The lowest BCUT2D eigenvalue weighted by Gasteiger charge is -2.30. The highest BCUT2D eigenvalue weighted by Crippen LogP contribution is 2.23. The molecule has 0 aromatic rings. The van der Waals surface area contributed by atoms with Gasteiger partial charge >= 0.3 is 11.9 Å². The average molecular weight is 334 g/mol. The Morgan fingerprint density at radius 2 is 1.30 bits per heavy atom. The molecule has 7 nitrogen and oxygen atoms in total. The lowest BCUT2D eigenvalue weighted by atomic mass is 9.88. The SMILES string of the molecule is CCCC(O)C(=O)OCC(CC)(CO)COC(=O)C(O)CCC. The molecule has 0 rings (SSSR count). The van der Waals surface area contributed by atoms with Gasteiger partial charge in [-0.25, -0.2) is 9.59 Å². The fourth-order valence-electron chi connectivity index (χ4n) is 1.87. The van der Waals surface area contributed by atoms with Gasteiger partial charge in [0.2, 0.25) is 0 Å². The number of ether oxygens (including phenoxy) is 2. The van der Waals surface area contributed by atoms with Gasteiger partial charge < -0.3 is 24.8 Å². The third-order valence-electron chi connectivity index (χ3n) is 3.80. The van der Waals surface area contributed by atoms with Gasteiger partial charge in [-0.1, -0.05) is 33.6 Å². The molecule has 3 N–H and O–H groups in total. The highest BCUT2D eigenvalue weighted by atomic mass is 16.6. The van der Waals surface area contributed by atoms with E-state index >= 15 is 0 Å². The van der Waals surface area contributed by atoms with Gasteiger partial charge in [0.1, 0.15) is 13.2 Å². The number of carbonyl (C=O) groups excluding carboxylic acids is 2. The largest absolute Gasteiger partial charge is 0.463 e. The first kappa shape index (κ1) is 21.8. The molecule has 0 fully saturated rings. The second kappa shape index (κ2) is 11.4. The van der Waals surface area contributed by atoms with Crippen molar-refractivity contribution in [1.29, 1.82) is 0 Å². The number of aliphatic hydroxyl groups excluding tert-OH is 3. The Morgan fingerprint density at radius 1 is 0.913 bits per heavy atom. The summed E-state index contributed by atoms with van der Waals surface area (Å²) in [4.78, 5) is 23.3. The molecule has 0 spiro atoms. The predicted molar refractivity (Wildman–Crippen MR) is 83.6 cm³/mol. The van der Waals surface area contributed by atoms with E-state index in [4.69, 9.17) is 9.47 Å². The van der Waals surface area contributed by atoms with E-state index in [2.05, 4.69) is 0 Å². The van der Waals surface area contributed by atoms with Gasteiger partial charge in [0.05, 0.1) is 12.0 Å². The van der Waals surface area contributed by atoms with Gasteiger partial charge in [-0.05, 0) is 19.3 Å². The summed E-state index contributed by atoms with van der Waals surface area (Å²) in [6.45, 7) is 4.75. The summed E-state index contributed by atoms with van der Waals surface area (Å²) in [5.41, 5.74) is -0.941. The fourth-order valence-corrected chi connectivity index (χ4v) is 1.87. The number of esters is 2. The number of hydrogen-bond donors (Lipinski definition) is 3. The quantitative estimate of drug-likeness (QED) is 0.452. The Hall–Kier alpha value is -1.18. The van der Waals surface area contributed by atoms with Crippen LogP contribution >= 0.6 is 0 Å². The van der Waals surface area contributed by atoms with E-state index in [1.165, 1.54) is 0 Å². The number of rotatable bonds is 12. The van der Waals surface area contributed by atoms with Crippen LogP contribution in [-0.2, 0) is 19.1 Å². The second-order valence-corrected chi connectivity index (χ2v) is 5.84. The van der Waals surface area contributed by atoms with Crippen molar-refractivity contribution in [2.75, 3.05) is 19.8 Å². The molecule has 7 heteroatoms. The van der Waals surface area contributed by atoms with Crippen LogP contribution in [0.2, 0.25) is 0 Å². The highest BCUT2D eigenvalue weighted by molar-refractivity contribution is 5.74. The van der Waals surface area contributed by atoms with Crippen LogP contribution in [0.3, 0.4) is 0 Å². The van der Waals surface area contributed by atoms with Crippen LogP contribution in [0.5, 0.6) is 0 Å². The first-order valence-electron chi connectivity index (χ1n) is 8.16. The number of carbonyl (C=O) groups is 2. The molecule has 0 heterocycles. The number of aliphatic hydroxyl groups is 3. The maximum atomic E-state index is 11.6. The molecule has 0 saturated carbocycles. The summed E-state index contributed by atoms with van der Waals surface area (Å²) in [5, 5.41) is 28.7. The molecule has 0 aromatic carbocycles. The van der Waals surface area contributed by atoms with Crippen LogP contribution in [0, 0.1) is 5.41 Å². The summed E-state index contributed by atoms with van der Waals surface area (Å²) in [6.07, 6.45) is -0.101. The topological polar surface area (TPSA) is 113 Å². The van der Waals surface area contributed by atoms with Crippen molar-refractivity contribution < 1.29 is 34.4 Å². The Balaban J connectivity index is 4.56. The van der Waals surface area contributed by atoms with Crippen molar-refractivity contribution in [1.82, 2.24) is 0 Å². The van der Waals surface area contributed by atoms with Crippen molar-refractivity contribution in [2.24, 2.45) is 5.41 Å². The zero-order valence-corrected chi connectivity index (χ0v) is 14.3. The van der Waals surface area contributed by atoms with Gasteiger partial charge in [0.25, 0.3) is 0 Å². The Kier molecular flexibility index (Phi) is 10.8. The monoisotopic (exact) mass is 334 g/mol. The zero-order chi connectivity index (χ0) is 17.9. The molecule has 136 valence electrons. The molecule has 0 saturated heterocycles. The second-order valence-electron chi connectivity index (χ2n) is 5.84. The number of hydrogen-bond acceptors (Lipinski definition) is 7. The minimum atomic E-state index is -1.19. The minimum absolute atomic E-state index is 0.170. The van der Waals surface area contributed by atoms with Crippen molar-refractivity contribution in [3.8, 4) is 0 Å². The highest BCUT2D eigenvalue weighted by Gasteiger charge is 2.33. The molecule has 2 unspecified atom stereocenters. The standard InChI is InChI=1S/C16H30O7/c1-4-7-12(18)14(20)22-10-16(6-3,9-17)11-23-15(21)13(19)8-5-2/h12-13,17-19H,4-11H2,1-3H3. The Morgan fingerprint density at radius 3 is 1.57 bits per heavy atom. The Labute approximate surface area is 137 Å². The van der Waals surface area contributed by atoms with Crippen molar-refractivity contribution in [3.63, 3.8) is 0 Å². The molecule has 0 aliphatic carbocycles. The van der Waals surface area contributed by atoms with Crippen LogP contribution in [0.4, 0.5) is 0 Å². The molecule has 0 aromatic heterocycles. The lowest BCUT2D eigenvalue weighted by molar-refractivity contribution is -0.167. The van der Waals surface area contributed by atoms with Crippen molar-refractivity contribution >= 4 is 11.9 Å². The van der Waals surface area contributed by atoms with E-state index in [9.17, 15) is 24.9 Å². The summed E-state index contributed by atoms with van der Waals surface area (Å²) >= 11 is 0. The smallest absolute Gasteiger partial charge is 0.334 e. The molecule has 0 bridgehead atoms. The molecule has 0 amide bonds. The maximum Gasteiger partial charge on any atom is 0.334 e. The average Bonchev–Trinajstić information content (AvgIpc) is 2.55. The van der Waals surface area contributed by atoms with Gasteiger partial charge in [-0.2, -0.15) is 0 Å². The van der Waals surface area contributed by atoms with Crippen molar-refractivity contribution in [3.05, 3.63) is 0 Å². The molecule has 0 aliphatic rings. The van der Waals surface area contributed by atoms with E-state index in [-0.39, 0.29) is 19.8 Å². The van der Waals surface area contributed by atoms with Crippen molar-refractivity contribution in [2.45, 2.75) is 65.1 Å². The maximum absolute atomic E-state index is 11.6. The van der Waals surface area contributed by atoms with E-state index in [0.717, 1.165) is 0 Å². The van der Waals surface area contributed by atoms with Gasteiger partial charge in [0.15, 0.2) is 12.2 Å². The zero-order valence-electron chi connectivity index (χ0n) is 14.3. The molecular weight excluding hydrogens is 304 g/mol. The van der Waals surface area contributed by atoms with E-state index < -0.39 is 29.6 Å². The summed E-state index contributed by atoms with van der Waals surface area (Å²) in [5.74, 6) is -1.51. The first-order chi connectivity index (χ1) is 10.9. The van der Waals surface area contributed by atoms with Crippen LogP contribution in [0.1, 0.15) is 52.9 Å². The molecular formula is C16H30O7. The molecule has 23 heavy (non-hydrogen) atoms. The third kappa shape index (κ3) is 7.76. The summed E-state index contributed by atoms with van der Waals surface area (Å²) in [7, 11) is 0. The van der Waals surface area contributed by atoms with Crippen LogP contribution in [0.25, 0.3) is 0 Å². The molecule has 2 atom stereocenters. The van der Waals surface area contributed by atoms with Crippen LogP contribution in [0.15, 0.2) is 0 Å². The molecule has 0 aliphatic heterocycles. The van der Waals surface area contributed by atoms with E-state index in [1.54, 1.807) is 6.92 Å². The lowest BCUT2D eigenvalue weighted by Crippen LogP contribution is -2.40. The van der Waals surface area contributed by atoms with E-state index in [0.29, 0.717) is 32.1 Å². The first-order valence-corrected chi connectivity index (χ1v) is 8.16. The van der Waals surface area contributed by atoms with Gasteiger partial charge in [0, 0.05) is 0 Å². The fraction of sp³-hybridized carbons (Fsp3) is 0.875. The third-order valence-corrected chi connectivity index (χ3v) is 3.80.